The van der Waals surface area contributed by atoms with Crippen molar-refractivity contribution in [2.45, 2.75) is 6.92 Å². The van der Waals surface area contributed by atoms with Crippen molar-refractivity contribution >= 4 is 34.4 Å². The van der Waals surface area contributed by atoms with Crippen LogP contribution in [0, 0.1) is 0 Å². The van der Waals surface area contributed by atoms with Crippen LogP contribution in [-0.4, -0.2) is 58.7 Å². The average Bonchev–Trinajstić information content (AvgIpc) is 2.75. The van der Waals surface area contributed by atoms with Crippen molar-refractivity contribution < 1.29 is 9.53 Å². The van der Waals surface area contributed by atoms with Crippen LogP contribution in [0.4, 0.5) is 22.2 Å². The lowest BCUT2D eigenvalue weighted by Gasteiger charge is -2.34. The number of pyridine rings is 1. The molecule has 0 radical (unpaired) electrons. The summed E-state index contributed by atoms with van der Waals surface area (Å²) in [6.07, 6.45) is 3.25. The van der Waals surface area contributed by atoms with Crippen LogP contribution in [0.2, 0.25) is 0 Å². The van der Waals surface area contributed by atoms with Crippen LogP contribution in [0.25, 0.3) is 10.9 Å². The Morgan fingerprint density at radius 1 is 1.07 bits per heavy atom. The van der Waals surface area contributed by atoms with Gasteiger partial charge in [0.25, 0.3) is 0 Å². The molecule has 1 aliphatic heterocycles. The Hall–Kier alpha value is -3.42. The SMILES string of the molecule is CCOC(=O)N1CCN(c2nccc(Nc3cccc4cccnc34)n2)CC1. The van der Waals surface area contributed by atoms with Crippen molar-refractivity contribution in [3.63, 3.8) is 0 Å². The van der Waals surface area contributed by atoms with Crippen LogP contribution < -0.4 is 10.2 Å². The largest absolute Gasteiger partial charge is 0.450 e. The lowest BCUT2D eigenvalue weighted by Crippen LogP contribution is -2.49. The number of nitrogens with one attached hydrogen (secondary N) is 1. The van der Waals surface area contributed by atoms with Crippen molar-refractivity contribution in [3.8, 4) is 0 Å². The van der Waals surface area contributed by atoms with Crippen LogP contribution in [0.5, 0.6) is 0 Å². The van der Waals surface area contributed by atoms with Crippen molar-refractivity contribution in [3.05, 3.63) is 48.8 Å². The number of carbonyl (C=O) groups is 1. The third-order valence-corrected chi connectivity index (χ3v) is 4.63. The van der Waals surface area contributed by atoms with Gasteiger partial charge in [0.05, 0.1) is 17.8 Å². The van der Waals surface area contributed by atoms with Gasteiger partial charge in [0.1, 0.15) is 5.82 Å². The van der Waals surface area contributed by atoms with Crippen molar-refractivity contribution in [2.75, 3.05) is 43.0 Å². The van der Waals surface area contributed by atoms with E-state index < -0.39 is 0 Å². The van der Waals surface area contributed by atoms with E-state index in [0.29, 0.717) is 44.6 Å². The quantitative estimate of drug-likeness (QED) is 0.747. The predicted molar refractivity (Wildman–Crippen MR) is 108 cm³/mol. The second-order valence-electron chi connectivity index (χ2n) is 6.42. The van der Waals surface area contributed by atoms with E-state index >= 15 is 0 Å². The summed E-state index contributed by atoms with van der Waals surface area (Å²) in [5.74, 6) is 1.35. The van der Waals surface area contributed by atoms with Gasteiger partial charge in [-0.15, -0.1) is 0 Å². The first-order valence-corrected chi connectivity index (χ1v) is 9.35. The summed E-state index contributed by atoms with van der Waals surface area (Å²) in [5.41, 5.74) is 1.79. The summed E-state index contributed by atoms with van der Waals surface area (Å²) in [6.45, 7) is 4.71. The molecule has 0 bridgehead atoms. The van der Waals surface area contributed by atoms with Crippen LogP contribution in [0.1, 0.15) is 6.92 Å². The monoisotopic (exact) mass is 378 g/mol. The summed E-state index contributed by atoms with van der Waals surface area (Å²) in [7, 11) is 0. The number of ether oxygens (including phenoxy) is 1. The van der Waals surface area contributed by atoms with Crippen molar-refractivity contribution in [1.82, 2.24) is 19.9 Å². The maximum Gasteiger partial charge on any atom is 0.409 e. The zero-order chi connectivity index (χ0) is 19.3. The Morgan fingerprint density at radius 3 is 2.71 bits per heavy atom. The normalized spacial score (nSPS) is 14.2. The molecular weight excluding hydrogens is 356 g/mol. The summed E-state index contributed by atoms with van der Waals surface area (Å²) >= 11 is 0. The Kier molecular flexibility index (Phi) is 5.18. The third kappa shape index (κ3) is 3.80. The highest BCUT2D eigenvalue weighted by Gasteiger charge is 2.23. The first-order valence-electron chi connectivity index (χ1n) is 9.35. The number of hydrogen-bond donors (Lipinski definition) is 1. The van der Waals surface area contributed by atoms with Crippen LogP contribution in [-0.2, 0) is 4.74 Å². The van der Waals surface area contributed by atoms with Crippen LogP contribution in [0.3, 0.4) is 0 Å². The predicted octanol–water partition coefficient (Wildman–Crippen LogP) is 3.05. The number of benzene rings is 1. The molecule has 1 aliphatic rings. The molecule has 1 aromatic carbocycles. The van der Waals surface area contributed by atoms with Crippen LogP contribution in [0.15, 0.2) is 48.8 Å². The van der Waals surface area contributed by atoms with Gasteiger partial charge in [-0.2, -0.15) is 4.98 Å². The number of piperazine rings is 1. The van der Waals surface area contributed by atoms with E-state index in [2.05, 4.69) is 25.2 Å². The molecule has 0 spiro atoms. The molecule has 0 unspecified atom stereocenters. The van der Waals surface area contributed by atoms with Gasteiger partial charge in [0.15, 0.2) is 0 Å². The molecular formula is C20H22N6O2. The highest BCUT2D eigenvalue weighted by molar-refractivity contribution is 5.91. The van der Waals surface area contributed by atoms with Gasteiger partial charge in [-0.3, -0.25) is 4.98 Å². The van der Waals surface area contributed by atoms with Gasteiger partial charge in [-0.25, -0.2) is 9.78 Å². The zero-order valence-corrected chi connectivity index (χ0v) is 15.7. The van der Waals surface area contributed by atoms with E-state index in [1.807, 2.05) is 43.3 Å². The Balaban J connectivity index is 1.47. The second kappa shape index (κ2) is 8.08. The lowest BCUT2D eigenvalue weighted by molar-refractivity contribution is 0.105. The Bertz CT molecular complexity index is 966. The van der Waals surface area contributed by atoms with E-state index in [9.17, 15) is 4.79 Å². The van der Waals surface area contributed by atoms with E-state index in [-0.39, 0.29) is 6.09 Å². The second-order valence-corrected chi connectivity index (χ2v) is 6.42. The molecule has 4 rings (SSSR count). The number of para-hydroxylation sites is 1. The molecule has 0 saturated carbocycles. The Morgan fingerprint density at radius 2 is 1.89 bits per heavy atom. The highest BCUT2D eigenvalue weighted by atomic mass is 16.6. The fraction of sp³-hybridized carbons (Fsp3) is 0.300. The van der Waals surface area contributed by atoms with Gasteiger partial charge in [0, 0.05) is 44.0 Å². The molecule has 8 nitrogen and oxygen atoms in total. The minimum Gasteiger partial charge on any atom is -0.450 e. The number of nitrogens with zero attached hydrogens (tertiary/aromatic N) is 5. The minimum absolute atomic E-state index is 0.262. The molecule has 0 aliphatic carbocycles. The maximum absolute atomic E-state index is 11.8. The summed E-state index contributed by atoms with van der Waals surface area (Å²) in [4.78, 5) is 29.1. The third-order valence-electron chi connectivity index (χ3n) is 4.63. The van der Waals surface area contributed by atoms with Crippen molar-refractivity contribution in [1.29, 1.82) is 0 Å². The van der Waals surface area contributed by atoms with E-state index in [1.165, 1.54) is 0 Å². The number of carbonyl (C=O) groups excluding carboxylic acids is 1. The number of fused-ring (bicyclic) bond motifs is 1. The van der Waals surface area contributed by atoms with Crippen molar-refractivity contribution in [2.24, 2.45) is 0 Å². The molecule has 1 saturated heterocycles. The van der Waals surface area contributed by atoms with E-state index in [1.54, 1.807) is 17.3 Å². The molecule has 1 amide bonds. The first kappa shape index (κ1) is 18.0. The molecule has 8 heteroatoms. The van der Waals surface area contributed by atoms with Gasteiger partial charge in [0.2, 0.25) is 5.95 Å². The standard InChI is InChI=1S/C20H22N6O2/c1-2-28-20(27)26-13-11-25(12-14-26)19-22-10-8-17(24-19)23-16-7-3-5-15-6-4-9-21-18(15)16/h3-10H,2,11-14H2,1H3,(H,22,23,24). The molecule has 0 atom stereocenters. The van der Waals surface area contributed by atoms with Gasteiger partial charge in [-0.05, 0) is 25.1 Å². The van der Waals surface area contributed by atoms with Gasteiger partial charge >= 0.3 is 6.09 Å². The topological polar surface area (TPSA) is 83.5 Å². The fourth-order valence-corrected chi connectivity index (χ4v) is 3.22. The van der Waals surface area contributed by atoms with E-state index in [0.717, 1.165) is 16.6 Å². The van der Waals surface area contributed by atoms with Gasteiger partial charge < -0.3 is 19.9 Å². The fourth-order valence-electron chi connectivity index (χ4n) is 3.22. The summed E-state index contributed by atoms with van der Waals surface area (Å²) < 4.78 is 5.06. The number of anilines is 3. The molecule has 3 aromatic rings. The van der Waals surface area contributed by atoms with Crippen LogP contribution >= 0.6 is 0 Å². The summed E-state index contributed by atoms with van der Waals surface area (Å²) in [6, 6.07) is 11.8. The number of hydrogen-bond acceptors (Lipinski definition) is 7. The first-order chi connectivity index (χ1) is 13.7. The molecule has 1 N–H and O–H groups in total. The molecule has 144 valence electrons. The smallest absolute Gasteiger partial charge is 0.409 e. The molecule has 28 heavy (non-hydrogen) atoms. The molecule has 3 heterocycles. The summed E-state index contributed by atoms with van der Waals surface area (Å²) in [5, 5.41) is 4.41. The Labute approximate surface area is 163 Å². The number of amides is 1. The zero-order valence-electron chi connectivity index (χ0n) is 15.7. The number of rotatable bonds is 4. The maximum atomic E-state index is 11.8. The lowest BCUT2D eigenvalue weighted by atomic mass is 10.2. The van der Waals surface area contributed by atoms with Gasteiger partial charge in [-0.1, -0.05) is 18.2 Å². The minimum atomic E-state index is -0.262. The highest BCUT2D eigenvalue weighted by Crippen LogP contribution is 2.24. The molecule has 2 aromatic heterocycles. The molecule has 1 fully saturated rings. The van der Waals surface area contributed by atoms with E-state index in [4.69, 9.17) is 4.74 Å². The number of aromatic nitrogens is 3. The average molecular weight is 378 g/mol.